The maximum absolute atomic E-state index is 12.2. The summed E-state index contributed by atoms with van der Waals surface area (Å²) in [5.74, 6) is 0.0122. The molecule has 19 heavy (non-hydrogen) atoms. The zero-order valence-electron chi connectivity index (χ0n) is 10.2. The highest BCUT2D eigenvalue weighted by atomic mass is 127. The van der Waals surface area contributed by atoms with E-state index in [1.54, 1.807) is 0 Å². The van der Waals surface area contributed by atoms with Crippen LogP contribution in [0.15, 0.2) is 48.5 Å². The molecule has 0 fully saturated rings. The fraction of sp³-hybridized carbons (Fsp3) is 0.133. The second-order valence-electron chi connectivity index (χ2n) is 4.56. The molecule has 3 nitrogen and oxygen atoms in total. The fourth-order valence-electron chi connectivity index (χ4n) is 2.25. The minimum atomic E-state index is -0.185. The summed E-state index contributed by atoms with van der Waals surface area (Å²) in [5, 5.41) is 6.21. The molecule has 0 saturated heterocycles. The SMILES string of the molecule is O=C(Nc1cccc(I)c1)C1Cc2ccccc2N1. The van der Waals surface area contributed by atoms with Gasteiger partial charge in [0.2, 0.25) is 5.91 Å². The van der Waals surface area contributed by atoms with Crippen LogP contribution in [0.3, 0.4) is 0 Å². The van der Waals surface area contributed by atoms with Crippen LogP contribution in [0.25, 0.3) is 0 Å². The normalized spacial score (nSPS) is 16.6. The van der Waals surface area contributed by atoms with Gasteiger partial charge in [-0.2, -0.15) is 0 Å². The van der Waals surface area contributed by atoms with Gasteiger partial charge in [-0.3, -0.25) is 4.79 Å². The summed E-state index contributed by atoms with van der Waals surface area (Å²) >= 11 is 2.23. The maximum atomic E-state index is 12.2. The molecule has 1 atom stereocenters. The van der Waals surface area contributed by atoms with E-state index in [-0.39, 0.29) is 11.9 Å². The van der Waals surface area contributed by atoms with Crippen molar-refractivity contribution in [1.29, 1.82) is 0 Å². The Balaban J connectivity index is 1.70. The van der Waals surface area contributed by atoms with E-state index in [4.69, 9.17) is 0 Å². The molecule has 2 N–H and O–H groups in total. The Kier molecular flexibility index (Phi) is 3.42. The number of anilines is 2. The molecule has 0 saturated carbocycles. The van der Waals surface area contributed by atoms with Crippen molar-refractivity contribution in [2.45, 2.75) is 12.5 Å². The van der Waals surface area contributed by atoms with Crippen molar-refractivity contribution in [2.24, 2.45) is 0 Å². The zero-order chi connectivity index (χ0) is 13.2. The number of amides is 1. The van der Waals surface area contributed by atoms with Gasteiger partial charge in [-0.05, 0) is 52.4 Å². The van der Waals surface area contributed by atoms with Crippen LogP contribution in [-0.4, -0.2) is 11.9 Å². The molecule has 1 aliphatic rings. The lowest BCUT2D eigenvalue weighted by Crippen LogP contribution is -2.32. The average molecular weight is 364 g/mol. The molecule has 1 aliphatic heterocycles. The first-order chi connectivity index (χ1) is 9.22. The molecule has 3 rings (SSSR count). The maximum Gasteiger partial charge on any atom is 0.247 e. The van der Waals surface area contributed by atoms with Gasteiger partial charge in [-0.15, -0.1) is 0 Å². The first-order valence-corrected chi connectivity index (χ1v) is 7.21. The molecule has 0 spiro atoms. The van der Waals surface area contributed by atoms with E-state index < -0.39 is 0 Å². The minimum absolute atomic E-state index is 0.0122. The van der Waals surface area contributed by atoms with Crippen LogP contribution < -0.4 is 10.6 Å². The second kappa shape index (κ2) is 5.21. The third-order valence-electron chi connectivity index (χ3n) is 3.18. The van der Waals surface area contributed by atoms with Gasteiger partial charge in [0.25, 0.3) is 0 Å². The van der Waals surface area contributed by atoms with Crippen LogP contribution in [-0.2, 0) is 11.2 Å². The first-order valence-electron chi connectivity index (χ1n) is 6.13. The standard InChI is InChI=1S/C15H13IN2O/c16-11-5-3-6-12(9-11)17-15(19)14-8-10-4-1-2-7-13(10)18-14/h1-7,9,14,18H,8H2,(H,17,19). The number of carbonyl (C=O) groups is 1. The molecule has 0 aromatic heterocycles. The predicted octanol–water partition coefficient (Wildman–Crippen LogP) is 3.27. The lowest BCUT2D eigenvalue weighted by molar-refractivity contribution is -0.116. The molecule has 96 valence electrons. The highest BCUT2D eigenvalue weighted by Gasteiger charge is 2.26. The smallest absolute Gasteiger partial charge is 0.247 e. The minimum Gasteiger partial charge on any atom is -0.373 e. The highest BCUT2D eigenvalue weighted by molar-refractivity contribution is 14.1. The second-order valence-corrected chi connectivity index (χ2v) is 5.80. The summed E-state index contributed by atoms with van der Waals surface area (Å²) in [6.07, 6.45) is 0.742. The number of carbonyl (C=O) groups excluding carboxylic acids is 1. The molecule has 1 unspecified atom stereocenters. The van der Waals surface area contributed by atoms with E-state index >= 15 is 0 Å². The van der Waals surface area contributed by atoms with Crippen molar-refractivity contribution in [3.8, 4) is 0 Å². The lowest BCUT2D eigenvalue weighted by Gasteiger charge is -2.12. The number of benzene rings is 2. The van der Waals surface area contributed by atoms with E-state index in [1.807, 2.05) is 42.5 Å². The van der Waals surface area contributed by atoms with Crippen molar-refractivity contribution < 1.29 is 4.79 Å². The number of nitrogens with one attached hydrogen (secondary N) is 2. The Labute approximate surface area is 125 Å². The molecule has 1 amide bonds. The summed E-state index contributed by atoms with van der Waals surface area (Å²) in [7, 11) is 0. The number of halogens is 1. The van der Waals surface area contributed by atoms with Crippen LogP contribution in [0.1, 0.15) is 5.56 Å². The largest absolute Gasteiger partial charge is 0.373 e. The van der Waals surface area contributed by atoms with Crippen molar-refractivity contribution in [1.82, 2.24) is 0 Å². The molecule has 2 aromatic carbocycles. The van der Waals surface area contributed by atoms with Crippen LogP contribution >= 0.6 is 22.6 Å². The first kappa shape index (κ1) is 12.5. The van der Waals surface area contributed by atoms with Crippen LogP contribution in [0.5, 0.6) is 0 Å². The summed E-state index contributed by atoms with van der Waals surface area (Å²) in [6.45, 7) is 0. The number of hydrogen-bond donors (Lipinski definition) is 2. The highest BCUT2D eigenvalue weighted by Crippen LogP contribution is 2.25. The van der Waals surface area contributed by atoms with Gasteiger partial charge in [0.05, 0.1) is 0 Å². The molecule has 0 aliphatic carbocycles. The summed E-state index contributed by atoms with van der Waals surface area (Å²) in [4.78, 5) is 12.2. The Morgan fingerprint density at radius 1 is 1.21 bits per heavy atom. The molecule has 1 heterocycles. The molecule has 4 heteroatoms. The van der Waals surface area contributed by atoms with Crippen molar-refractivity contribution in [3.63, 3.8) is 0 Å². The fourth-order valence-corrected chi connectivity index (χ4v) is 2.79. The van der Waals surface area contributed by atoms with Crippen LogP contribution in [0.4, 0.5) is 11.4 Å². The lowest BCUT2D eigenvalue weighted by atomic mass is 10.1. The third-order valence-corrected chi connectivity index (χ3v) is 3.85. The van der Waals surface area contributed by atoms with Gasteiger partial charge in [0, 0.05) is 21.4 Å². The molecular weight excluding hydrogens is 351 g/mol. The summed E-state index contributed by atoms with van der Waals surface area (Å²) in [6, 6.07) is 15.7. The molecule has 0 radical (unpaired) electrons. The van der Waals surface area contributed by atoms with Gasteiger partial charge in [0.1, 0.15) is 6.04 Å². The van der Waals surface area contributed by atoms with E-state index in [9.17, 15) is 4.79 Å². The number of para-hydroxylation sites is 1. The Morgan fingerprint density at radius 3 is 2.84 bits per heavy atom. The van der Waals surface area contributed by atoms with Crippen molar-refractivity contribution in [2.75, 3.05) is 10.6 Å². The van der Waals surface area contributed by atoms with Crippen LogP contribution in [0.2, 0.25) is 0 Å². The van der Waals surface area contributed by atoms with Crippen LogP contribution in [0, 0.1) is 3.57 Å². The number of rotatable bonds is 2. The summed E-state index contributed by atoms with van der Waals surface area (Å²) < 4.78 is 1.11. The summed E-state index contributed by atoms with van der Waals surface area (Å²) in [5.41, 5.74) is 3.10. The Bertz CT molecular complexity index is 602. The third kappa shape index (κ3) is 2.73. The molecule has 2 aromatic rings. The molecule has 0 bridgehead atoms. The quantitative estimate of drug-likeness (QED) is 0.804. The van der Waals surface area contributed by atoms with Gasteiger partial charge in [-0.1, -0.05) is 24.3 Å². The van der Waals surface area contributed by atoms with Gasteiger partial charge >= 0.3 is 0 Å². The van der Waals surface area contributed by atoms with Gasteiger partial charge in [0.15, 0.2) is 0 Å². The van der Waals surface area contributed by atoms with E-state index in [1.165, 1.54) is 5.56 Å². The van der Waals surface area contributed by atoms with E-state index in [0.717, 1.165) is 21.4 Å². The van der Waals surface area contributed by atoms with E-state index in [2.05, 4.69) is 39.3 Å². The van der Waals surface area contributed by atoms with E-state index in [0.29, 0.717) is 0 Å². The Morgan fingerprint density at radius 2 is 2.05 bits per heavy atom. The Hall–Kier alpha value is -1.56. The number of hydrogen-bond acceptors (Lipinski definition) is 2. The molecular formula is C15H13IN2O. The topological polar surface area (TPSA) is 41.1 Å². The van der Waals surface area contributed by atoms with Gasteiger partial charge < -0.3 is 10.6 Å². The van der Waals surface area contributed by atoms with Crippen molar-refractivity contribution >= 4 is 39.9 Å². The average Bonchev–Trinajstić information content (AvgIpc) is 2.82. The zero-order valence-corrected chi connectivity index (χ0v) is 12.3. The number of fused-ring (bicyclic) bond motifs is 1. The van der Waals surface area contributed by atoms with Gasteiger partial charge in [-0.25, -0.2) is 0 Å². The predicted molar refractivity (Wildman–Crippen MR) is 85.3 cm³/mol. The van der Waals surface area contributed by atoms with Crippen molar-refractivity contribution in [3.05, 3.63) is 57.7 Å². The monoisotopic (exact) mass is 364 g/mol.